The molecule has 3 aromatic rings. The third kappa shape index (κ3) is 3.24. The number of fused-ring (bicyclic) bond motifs is 1. The highest BCUT2D eigenvalue weighted by Crippen LogP contribution is 2.43. The molecule has 4 N–H and O–H groups in total. The molecule has 1 aliphatic rings. The zero-order chi connectivity index (χ0) is 20.1. The maximum absolute atomic E-state index is 13.6. The van der Waals surface area contributed by atoms with E-state index in [-0.39, 0.29) is 11.4 Å². The van der Waals surface area contributed by atoms with Crippen LogP contribution in [-0.2, 0) is 12.7 Å². The second-order valence-corrected chi connectivity index (χ2v) is 7.82. The predicted molar refractivity (Wildman–Crippen MR) is 101 cm³/mol. The molecule has 28 heavy (non-hydrogen) atoms. The van der Waals surface area contributed by atoms with Gasteiger partial charge >= 0.3 is 6.18 Å². The van der Waals surface area contributed by atoms with E-state index in [2.05, 4.69) is 10.2 Å². The average Bonchev–Trinajstić information content (AvgIpc) is 3.28. The molecule has 0 unspecified atom stereocenters. The molecular weight excluding hydrogens is 391 g/mol. The summed E-state index contributed by atoms with van der Waals surface area (Å²) < 4.78 is 43.4. The van der Waals surface area contributed by atoms with Crippen molar-refractivity contribution in [3.05, 3.63) is 40.8 Å². The molecule has 0 bridgehead atoms. The maximum Gasteiger partial charge on any atom is 0.417 e. The van der Waals surface area contributed by atoms with Crippen LogP contribution in [0, 0.1) is 11.4 Å². The number of aromatic hydroxyl groups is 1. The smallest absolute Gasteiger partial charge is 0.417 e. The van der Waals surface area contributed by atoms with Gasteiger partial charge in [-0.1, -0.05) is 0 Å². The second kappa shape index (κ2) is 6.62. The summed E-state index contributed by atoms with van der Waals surface area (Å²) in [6.45, 7) is 0.598. The van der Waals surface area contributed by atoms with Crippen molar-refractivity contribution in [2.75, 3.05) is 0 Å². The lowest BCUT2D eigenvalue weighted by Crippen LogP contribution is -2.09. The molecule has 0 radical (unpaired) electrons. The van der Waals surface area contributed by atoms with Gasteiger partial charge in [-0.2, -0.15) is 18.3 Å². The lowest BCUT2D eigenvalue weighted by Gasteiger charge is -2.16. The molecule has 4 rings (SSSR count). The van der Waals surface area contributed by atoms with Gasteiger partial charge < -0.3 is 15.5 Å². The number of hydrogen-bond acceptors (Lipinski definition) is 5. The number of alkyl halides is 3. The summed E-state index contributed by atoms with van der Waals surface area (Å²) in [5, 5.41) is 16.3. The first-order chi connectivity index (χ1) is 13.3. The highest BCUT2D eigenvalue weighted by atomic mass is 32.1. The van der Waals surface area contributed by atoms with Crippen molar-refractivity contribution < 1.29 is 18.3 Å². The number of nitrogens with one attached hydrogen (secondary N) is 1. The van der Waals surface area contributed by atoms with Gasteiger partial charge in [0.15, 0.2) is 0 Å². The van der Waals surface area contributed by atoms with Crippen LogP contribution in [0.2, 0.25) is 0 Å². The fourth-order valence-corrected chi connectivity index (χ4v) is 4.31. The van der Waals surface area contributed by atoms with Crippen molar-refractivity contribution in [3.8, 4) is 17.0 Å². The number of nitrogens with zero attached hydrogens (tertiary/aromatic N) is 3. The molecule has 10 heteroatoms. The van der Waals surface area contributed by atoms with Gasteiger partial charge in [-0.15, -0.1) is 16.5 Å². The summed E-state index contributed by atoms with van der Waals surface area (Å²) in [4.78, 5) is 0.584. The molecule has 0 amide bonds. The number of nitrogens with two attached hydrogens (primary N) is 1. The molecule has 0 atom stereocenters. The van der Waals surface area contributed by atoms with Gasteiger partial charge in [-0.05, 0) is 49.1 Å². The van der Waals surface area contributed by atoms with Crippen molar-refractivity contribution in [2.24, 2.45) is 22.0 Å². The number of rotatable bonds is 4. The Morgan fingerprint density at radius 3 is 2.64 bits per heavy atom. The highest BCUT2D eigenvalue weighted by Gasteiger charge is 2.35. The van der Waals surface area contributed by atoms with Gasteiger partial charge in [-0.3, -0.25) is 0 Å². The highest BCUT2D eigenvalue weighted by molar-refractivity contribution is 7.20. The zero-order valence-corrected chi connectivity index (χ0v) is 15.3. The lowest BCUT2D eigenvalue weighted by molar-refractivity contribution is -0.137. The van der Waals surface area contributed by atoms with E-state index in [1.54, 1.807) is 12.1 Å². The van der Waals surface area contributed by atoms with E-state index in [9.17, 15) is 18.3 Å². The summed E-state index contributed by atoms with van der Waals surface area (Å²) in [6.07, 6.45) is -2.52. The van der Waals surface area contributed by atoms with Gasteiger partial charge in [0.1, 0.15) is 5.75 Å². The Kier molecular flexibility index (Phi) is 4.37. The summed E-state index contributed by atoms with van der Waals surface area (Å²) in [7, 11) is 0. The van der Waals surface area contributed by atoms with E-state index in [1.165, 1.54) is 23.5 Å². The molecule has 146 valence electrons. The van der Waals surface area contributed by atoms with Gasteiger partial charge in [-0.25, -0.2) is 5.53 Å². The van der Waals surface area contributed by atoms with E-state index in [4.69, 9.17) is 11.4 Å². The Bertz CT molecular complexity index is 1090. The Morgan fingerprint density at radius 2 is 2.04 bits per heavy atom. The van der Waals surface area contributed by atoms with Crippen LogP contribution < -0.4 is 5.84 Å². The maximum atomic E-state index is 13.6. The number of phenols is 1. The molecule has 1 aromatic carbocycles. The zero-order valence-electron chi connectivity index (χ0n) is 14.5. The molecule has 0 spiro atoms. The van der Waals surface area contributed by atoms with Crippen LogP contribution in [0.15, 0.2) is 40.5 Å². The van der Waals surface area contributed by atoms with Crippen molar-refractivity contribution in [1.82, 2.24) is 4.57 Å². The number of hydrazone groups is 1. The molecule has 1 saturated carbocycles. The predicted octanol–water partition coefficient (Wildman–Crippen LogP) is 5.16. The number of hydrogen-bond donors (Lipinski definition) is 3. The largest absolute Gasteiger partial charge is 0.508 e. The minimum atomic E-state index is -4.59. The summed E-state index contributed by atoms with van der Waals surface area (Å²) >= 11 is 1.27. The van der Waals surface area contributed by atoms with E-state index in [0.29, 0.717) is 23.0 Å². The number of phenolic OH excluding ortho intramolecular Hbond substituents is 1. The number of amidine groups is 1. The quantitative estimate of drug-likeness (QED) is 0.183. The normalized spacial score (nSPS) is 15.3. The van der Waals surface area contributed by atoms with E-state index in [1.807, 2.05) is 4.57 Å². The van der Waals surface area contributed by atoms with Crippen molar-refractivity contribution in [2.45, 2.75) is 25.6 Å². The topological polar surface area (TPSA) is 99.8 Å². The van der Waals surface area contributed by atoms with Crippen molar-refractivity contribution >= 4 is 27.4 Å². The molecule has 1 fully saturated rings. The summed E-state index contributed by atoms with van der Waals surface area (Å²) in [5.74, 6) is 5.33. The minimum Gasteiger partial charge on any atom is -0.508 e. The first-order valence-corrected chi connectivity index (χ1v) is 9.33. The fourth-order valence-electron chi connectivity index (χ4n) is 3.27. The lowest BCUT2D eigenvalue weighted by atomic mass is 10.0. The van der Waals surface area contributed by atoms with Crippen LogP contribution in [0.25, 0.3) is 21.5 Å². The van der Waals surface area contributed by atoms with Crippen LogP contribution in [0.3, 0.4) is 0 Å². The third-order valence-corrected chi connectivity index (χ3v) is 5.83. The van der Waals surface area contributed by atoms with E-state index < -0.39 is 17.5 Å². The number of halogens is 3. The Balaban J connectivity index is 1.92. The SMILES string of the molecule is N=NC(=NN)c1cc2c(cc(-c3ccc(O)cc3C(F)(F)F)n2CC2CC2)s1. The van der Waals surface area contributed by atoms with Crippen molar-refractivity contribution in [1.29, 1.82) is 5.53 Å². The average molecular weight is 407 g/mol. The Labute approximate surface area is 161 Å². The molecule has 2 heterocycles. The number of thiophene rings is 1. The van der Waals surface area contributed by atoms with Crippen LogP contribution in [0.1, 0.15) is 23.3 Å². The van der Waals surface area contributed by atoms with Crippen molar-refractivity contribution in [3.63, 3.8) is 0 Å². The summed E-state index contributed by atoms with van der Waals surface area (Å²) in [6, 6.07) is 6.76. The van der Waals surface area contributed by atoms with Gasteiger partial charge in [0, 0.05) is 12.1 Å². The second-order valence-electron chi connectivity index (χ2n) is 6.74. The fraction of sp³-hybridized carbons (Fsp3) is 0.278. The first-order valence-electron chi connectivity index (χ1n) is 8.51. The Morgan fingerprint density at radius 1 is 1.29 bits per heavy atom. The number of benzene rings is 1. The minimum absolute atomic E-state index is 0.0220. The Hall–Kier alpha value is -2.88. The van der Waals surface area contributed by atoms with Gasteiger partial charge in [0.25, 0.3) is 0 Å². The molecule has 2 aromatic heterocycles. The monoisotopic (exact) mass is 407 g/mol. The van der Waals surface area contributed by atoms with Gasteiger partial charge in [0.05, 0.1) is 26.4 Å². The summed E-state index contributed by atoms with van der Waals surface area (Å²) in [5.41, 5.74) is 7.51. The van der Waals surface area contributed by atoms with Crippen LogP contribution in [0.4, 0.5) is 13.2 Å². The number of aromatic nitrogens is 1. The van der Waals surface area contributed by atoms with E-state index in [0.717, 1.165) is 29.1 Å². The van der Waals surface area contributed by atoms with Crippen LogP contribution in [-0.4, -0.2) is 15.5 Å². The standard InChI is InChI=1S/C18H16F3N5OS/c19-18(20,21)12-5-10(27)3-4-11(12)13-6-15-14(26(13)8-9-1-2-9)7-16(28-15)17(24-22)25-23/h3-7,9,22,27H,1-2,8,23H2. The third-order valence-electron chi connectivity index (χ3n) is 4.76. The van der Waals surface area contributed by atoms with Crippen LogP contribution in [0.5, 0.6) is 5.75 Å². The van der Waals surface area contributed by atoms with E-state index >= 15 is 0 Å². The molecular formula is C18H16F3N5OS. The molecule has 0 saturated heterocycles. The first kappa shape index (κ1) is 18.5. The molecule has 6 nitrogen and oxygen atoms in total. The molecule has 1 aliphatic carbocycles. The van der Waals surface area contributed by atoms with Crippen LogP contribution >= 0.6 is 11.3 Å². The van der Waals surface area contributed by atoms with Gasteiger partial charge in [0.2, 0.25) is 5.84 Å². The molecule has 0 aliphatic heterocycles.